The molecule has 1 N–H and O–H groups in total. The molecule has 190 valence electrons. The number of nitrogens with zero attached hydrogens (tertiary/aromatic N) is 2. The molecule has 1 saturated carbocycles. The maximum absolute atomic E-state index is 13.3. The minimum Gasteiger partial charge on any atom is -0.491 e. The van der Waals surface area contributed by atoms with Crippen molar-refractivity contribution in [3.8, 4) is 5.75 Å². The molecule has 2 aliphatic rings. The molecule has 0 saturated heterocycles. The Kier molecular flexibility index (Phi) is 8.46. The van der Waals surface area contributed by atoms with Crippen molar-refractivity contribution in [3.05, 3.63) is 23.8 Å². The normalized spacial score (nSPS) is 24.9. The average Bonchev–Trinajstić information content (AvgIpc) is 2.76. The standard InChI is InChI=1S/C24H37N3O6S/c1-6-34(30,31)25-19-10-11-21-20(12-19)24(29)26(4)14-22(32-5)16(2)13-27(17(3)15-33-21)23(28)18-8-7-9-18/h10-12,16-18,22,25H,6-9,13-15H2,1-5H3/t16-,17+,22+/m0/s1. The Hall–Kier alpha value is -2.33. The topological polar surface area (TPSA) is 105 Å². The second kappa shape index (κ2) is 10.9. The third-order valence-electron chi connectivity index (χ3n) is 6.84. The van der Waals surface area contributed by atoms with E-state index in [1.807, 2.05) is 18.7 Å². The van der Waals surface area contributed by atoms with E-state index in [0.717, 1.165) is 19.3 Å². The highest BCUT2D eigenvalue weighted by Gasteiger charge is 2.35. The number of benzene rings is 1. The summed E-state index contributed by atoms with van der Waals surface area (Å²) in [6.45, 7) is 6.58. The third kappa shape index (κ3) is 6.02. The van der Waals surface area contributed by atoms with Crippen LogP contribution >= 0.6 is 0 Å². The summed E-state index contributed by atoms with van der Waals surface area (Å²) in [5.41, 5.74) is 0.551. The minimum atomic E-state index is -3.50. The van der Waals surface area contributed by atoms with Crippen molar-refractivity contribution < 1.29 is 27.5 Å². The molecule has 1 heterocycles. The monoisotopic (exact) mass is 495 g/mol. The van der Waals surface area contributed by atoms with Gasteiger partial charge in [0.15, 0.2) is 0 Å². The van der Waals surface area contributed by atoms with Crippen LogP contribution in [0.5, 0.6) is 5.75 Å². The average molecular weight is 496 g/mol. The lowest BCUT2D eigenvalue weighted by Crippen LogP contribution is -2.51. The summed E-state index contributed by atoms with van der Waals surface area (Å²) in [4.78, 5) is 30.0. The number of likely N-dealkylation sites (N-methyl/N-ethyl adjacent to an activating group) is 1. The van der Waals surface area contributed by atoms with Gasteiger partial charge in [-0.1, -0.05) is 13.3 Å². The molecule has 10 heteroatoms. The van der Waals surface area contributed by atoms with Crippen LogP contribution in [-0.2, 0) is 19.6 Å². The molecular formula is C24H37N3O6S. The van der Waals surface area contributed by atoms with Crippen molar-refractivity contribution in [3.63, 3.8) is 0 Å². The van der Waals surface area contributed by atoms with Crippen LogP contribution in [0, 0.1) is 11.8 Å². The highest BCUT2D eigenvalue weighted by molar-refractivity contribution is 7.92. The second-order valence-corrected chi connectivity index (χ2v) is 11.4. The van der Waals surface area contributed by atoms with Gasteiger partial charge < -0.3 is 19.3 Å². The maximum Gasteiger partial charge on any atom is 0.257 e. The summed E-state index contributed by atoms with van der Waals surface area (Å²) in [5.74, 6) is 0.182. The van der Waals surface area contributed by atoms with Crippen molar-refractivity contribution in [2.75, 3.05) is 44.3 Å². The Bertz CT molecular complexity index is 994. The van der Waals surface area contributed by atoms with Crippen LogP contribution in [0.4, 0.5) is 5.69 Å². The highest BCUT2D eigenvalue weighted by atomic mass is 32.2. The molecule has 2 amide bonds. The predicted octanol–water partition coefficient (Wildman–Crippen LogP) is 2.58. The van der Waals surface area contributed by atoms with Gasteiger partial charge in [0.25, 0.3) is 5.91 Å². The van der Waals surface area contributed by atoms with Gasteiger partial charge in [-0.3, -0.25) is 14.3 Å². The van der Waals surface area contributed by atoms with Gasteiger partial charge in [0.05, 0.1) is 23.5 Å². The van der Waals surface area contributed by atoms with E-state index in [4.69, 9.17) is 9.47 Å². The maximum atomic E-state index is 13.3. The van der Waals surface area contributed by atoms with Gasteiger partial charge in [0.2, 0.25) is 15.9 Å². The Labute approximate surface area is 202 Å². The van der Waals surface area contributed by atoms with Crippen molar-refractivity contribution in [1.82, 2.24) is 9.80 Å². The van der Waals surface area contributed by atoms with Gasteiger partial charge in [-0.15, -0.1) is 0 Å². The van der Waals surface area contributed by atoms with Crippen molar-refractivity contribution in [2.24, 2.45) is 11.8 Å². The summed E-state index contributed by atoms with van der Waals surface area (Å²) >= 11 is 0. The molecule has 1 aliphatic carbocycles. The number of carbonyl (C=O) groups is 2. The van der Waals surface area contributed by atoms with Gasteiger partial charge in [-0.2, -0.15) is 0 Å². The van der Waals surface area contributed by atoms with Crippen molar-refractivity contribution in [1.29, 1.82) is 0 Å². The lowest BCUT2D eigenvalue weighted by atomic mass is 9.83. The number of carbonyl (C=O) groups excluding carboxylic acids is 2. The van der Waals surface area contributed by atoms with Crippen LogP contribution < -0.4 is 9.46 Å². The number of rotatable bonds is 5. The minimum absolute atomic E-state index is 0.00618. The van der Waals surface area contributed by atoms with E-state index >= 15 is 0 Å². The van der Waals surface area contributed by atoms with Gasteiger partial charge in [-0.05, 0) is 44.9 Å². The zero-order valence-corrected chi connectivity index (χ0v) is 21.6. The first-order chi connectivity index (χ1) is 16.1. The summed E-state index contributed by atoms with van der Waals surface area (Å²) in [7, 11) is -0.208. The molecule has 0 unspecified atom stereocenters. The van der Waals surface area contributed by atoms with Gasteiger partial charge in [0.1, 0.15) is 12.4 Å². The van der Waals surface area contributed by atoms with Crippen LogP contribution in [0.1, 0.15) is 50.4 Å². The Morgan fingerprint density at radius 3 is 2.53 bits per heavy atom. The van der Waals surface area contributed by atoms with Gasteiger partial charge in [0, 0.05) is 44.8 Å². The summed E-state index contributed by atoms with van der Waals surface area (Å²) in [6.07, 6.45) is 2.64. The summed E-state index contributed by atoms with van der Waals surface area (Å²) in [6, 6.07) is 4.47. The van der Waals surface area contributed by atoms with Crippen molar-refractivity contribution in [2.45, 2.75) is 52.2 Å². The van der Waals surface area contributed by atoms with E-state index < -0.39 is 10.0 Å². The predicted molar refractivity (Wildman–Crippen MR) is 130 cm³/mol. The number of sulfonamides is 1. The zero-order valence-electron chi connectivity index (χ0n) is 20.7. The molecule has 1 fully saturated rings. The van der Waals surface area contributed by atoms with E-state index in [-0.39, 0.29) is 53.7 Å². The number of hydrogen-bond acceptors (Lipinski definition) is 6. The van der Waals surface area contributed by atoms with E-state index in [2.05, 4.69) is 4.72 Å². The van der Waals surface area contributed by atoms with E-state index in [1.54, 1.807) is 38.1 Å². The largest absolute Gasteiger partial charge is 0.491 e. The molecule has 0 spiro atoms. The Balaban J connectivity index is 1.96. The van der Waals surface area contributed by atoms with E-state index in [0.29, 0.717) is 24.5 Å². The molecule has 34 heavy (non-hydrogen) atoms. The molecular weight excluding hydrogens is 458 g/mol. The number of anilines is 1. The molecule has 1 aromatic carbocycles. The van der Waals surface area contributed by atoms with E-state index in [9.17, 15) is 18.0 Å². The number of amides is 2. The fourth-order valence-corrected chi connectivity index (χ4v) is 4.92. The van der Waals surface area contributed by atoms with Crippen LogP contribution in [0.25, 0.3) is 0 Å². The zero-order chi connectivity index (χ0) is 25.0. The highest BCUT2D eigenvalue weighted by Crippen LogP contribution is 2.31. The third-order valence-corrected chi connectivity index (χ3v) is 8.14. The number of nitrogens with one attached hydrogen (secondary N) is 1. The molecule has 9 nitrogen and oxygen atoms in total. The number of fused-ring (bicyclic) bond motifs is 1. The number of hydrogen-bond donors (Lipinski definition) is 1. The number of methoxy groups -OCH3 is 1. The first-order valence-electron chi connectivity index (χ1n) is 11.9. The molecule has 3 atom stereocenters. The lowest BCUT2D eigenvalue weighted by molar-refractivity contribution is -0.142. The number of ether oxygens (including phenoxy) is 2. The second-order valence-electron chi connectivity index (χ2n) is 9.43. The smallest absolute Gasteiger partial charge is 0.257 e. The van der Waals surface area contributed by atoms with E-state index in [1.165, 1.54) is 6.07 Å². The molecule has 0 bridgehead atoms. The molecule has 1 aliphatic heterocycles. The molecule has 0 aromatic heterocycles. The van der Waals surface area contributed by atoms with Gasteiger partial charge in [-0.25, -0.2) is 8.42 Å². The SMILES string of the molecule is CCS(=O)(=O)Nc1ccc2c(c1)C(=O)N(C)C[C@@H](OC)[C@@H](C)CN(C(=O)C1CCC1)[C@H](C)CO2. The van der Waals surface area contributed by atoms with Crippen LogP contribution in [0.3, 0.4) is 0 Å². The Morgan fingerprint density at radius 1 is 1.24 bits per heavy atom. The van der Waals surface area contributed by atoms with Crippen LogP contribution in [0.15, 0.2) is 18.2 Å². The summed E-state index contributed by atoms with van der Waals surface area (Å²) in [5, 5.41) is 0. The fourth-order valence-electron chi connectivity index (χ4n) is 4.29. The fraction of sp³-hybridized carbons (Fsp3) is 0.667. The first kappa shape index (κ1) is 26.3. The first-order valence-corrected chi connectivity index (χ1v) is 13.6. The van der Waals surface area contributed by atoms with Crippen LogP contribution in [-0.4, -0.2) is 81.8 Å². The van der Waals surface area contributed by atoms with Gasteiger partial charge >= 0.3 is 0 Å². The lowest BCUT2D eigenvalue weighted by Gasteiger charge is -2.39. The molecule has 0 radical (unpaired) electrons. The summed E-state index contributed by atoms with van der Waals surface area (Å²) < 4.78 is 38.4. The Morgan fingerprint density at radius 2 is 1.94 bits per heavy atom. The van der Waals surface area contributed by atoms with Crippen molar-refractivity contribution >= 4 is 27.5 Å². The van der Waals surface area contributed by atoms with Crippen LogP contribution in [0.2, 0.25) is 0 Å². The molecule has 1 aromatic rings. The quantitative estimate of drug-likeness (QED) is 0.673. The molecule has 3 rings (SSSR count).